The van der Waals surface area contributed by atoms with Gasteiger partial charge < -0.3 is 20.0 Å². The van der Waals surface area contributed by atoms with Crippen molar-refractivity contribution in [3.8, 4) is 0 Å². The van der Waals surface area contributed by atoms with Crippen molar-refractivity contribution in [1.82, 2.24) is 0 Å². The first-order valence-electron chi connectivity index (χ1n) is 4.40. The second-order valence-corrected chi connectivity index (χ2v) is 3.71. The minimum Gasteiger partial charge on any atom is -0.545 e. The number of ether oxygens (including phenoxy) is 1. The summed E-state index contributed by atoms with van der Waals surface area (Å²) in [5.74, 6) is -2.72. The van der Waals surface area contributed by atoms with Crippen molar-refractivity contribution >= 4 is 34.2 Å². The van der Waals surface area contributed by atoms with Crippen LogP contribution in [0.25, 0.3) is 0 Å². The molecule has 0 radical (unpaired) electrons. The quantitative estimate of drug-likeness (QED) is 0.592. The highest BCUT2D eigenvalue weighted by atomic mass is 32.1. The van der Waals surface area contributed by atoms with Gasteiger partial charge in [-0.3, -0.25) is 4.79 Å². The highest BCUT2D eigenvalue weighted by molar-refractivity contribution is 7.14. The number of carbonyl (C=O) groups excluding carboxylic acids is 3. The molecule has 1 aromatic rings. The fourth-order valence-electron chi connectivity index (χ4n) is 0.974. The lowest BCUT2D eigenvalue weighted by Crippen LogP contribution is -2.20. The van der Waals surface area contributed by atoms with Crippen molar-refractivity contribution in [1.29, 1.82) is 0 Å². The molecule has 0 unspecified atom stereocenters. The van der Waals surface area contributed by atoms with Crippen LogP contribution in [0.3, 0.4) is 0 Å². The Morgan fingerprint density at radius 2 is 2.12 bits per heavy atom. The second kappa shape index (κ2) is 5.80. The van der Waals surface area contributed by atoms with Gasteiger partial charge in [0.1, 0.15) is 5.00 Å². The molecule has 0 aliphatic heterocycles. The Hall–Kier alpha value is -2.15. The number of methoxy groups -OCH3 is 1. The Bertz CT molecular complexity index is 477. The first kappa shape index (κ1) is 12.9. The van der Waals surface area contributed by atoms with Gasteiger partial charge in [-0.2, -0.15) is 0 Å². The third-order valence-corrected chi connectivity index (χ3v) is 2.51. The molecule has 0 spiro atoms. The third kappa shape index (κ3) is 3.72. The number of thiophene rings is 1. The van der Waals surface area contributed by atoms with Crippen LogP contribution in [-0.4, -0.2) is 25.0 Å². The van der Waals surface area contributed by atoms with Crippen molar-refractivity contribution in [3.63, 3.8) is 0 Å². The van der Waals surface area contributed by atoms with Crippen LogP contribution in [0.5, 0.6) is 0 Å². The van der Waals surface area contributed by atoms with Crippen molar-refractivity contribution in [2.45, 2.75) is 0 Å². The maximum atomic E-state index is 11.3. The number of aliphatic carboxylic acids is 1. The summed E-state index contributed by atoms with van der Waals surface area (Å²) in [5, 5.41) is 14.3. The van der Waals surface area contributed by atoms with Crippen LogP contribution in [0.1, 0.15) is 10.4 Å². The fourth-order valence-corrected chi connectivity index (χ4v) is 1.75. The van der Waals surface area contributed by atoms with Gasteiger partial charge in [-0.15, -0.1) is 11.3 Å². The maximum absolute atomic E-state index is 11.3. The third-order valence-electron chi connectivity index (χ3n) is 1.68. The zero-order chi connectivity index (χ0) is 12.8. The Kier molecular flexibility index (Phi) is 4.41. The Labute approximate surface area is 101 Å². The van der Waals surface area contributed by atoms with E-state index in [-0.39, 0.29) is 5.56 Å². The highest BCUT2D eigenvalue weighted by Gasteiger charge is 2.14. The van der Waals surface area contributed by atoms with Crippen molar-refractivity contribution < 1.29 is 24.2 Å². The summed E-state index contributed by atoms with van der Waals surface area (Å²) < 4.78 is 4.51. The molecule has 0 fully saturated rings. The molecule has 17 heavy (non-hydrogen) atoms. The van der Waals surface area contributed by atoms with Crippen LogP contribution in [0.4, 0.5) is 5.00 Å². The number of amides is 1. The summed E-state index contributed by atoms with van der Waals surface area (Å²) in [6.07, 6.45) is 1.40. The lowest BCUT2D eigenvalue weighted by Gasteiger charge is -2.02. The molecular formula is C10H8NO5S-. The second-order valence-electron chi connectivity index (χ2n) is 2.80. The van der Waals surface area contributed by atoms with Gasteiger partial charge in [-0.05, 0) is 17.5 Å². The first-order valence-corrected chi connectivity index (χ1v) is 5.28. The molecule has 6 nitrogen and oxygen atoms in total. The van der Waals surface area contributed by atoms with Gasteiger partial charge >= 0.3 is 5.97 Å². The minimum absolute atomic E-state index is 0.215. The van der Waals surface area contributed by atoms with Crippen LogP contribution in [-0.2, 0) is 14.3 Å². The molecule has 0 saturated heterocycles. The molecule has 90 valence electrons. The summed E-state index contributed by atoms with van der Waals surface area (Å²) in [6.45, 7) is 0. The SMILES string of the molecule is COC(=O)c1ccsc1NC(=O)C=CC(=O)[O-]. The number of carboxylic acid groups (broad SMARTS) is 1. The van der Waals surface area contributed by atoms with Crippen molar-refractivity contribution in [2.75, 3.05) is 12.4 Å². The summed E-state index contributed by atoms with van der Waals surface area (Å²) in [5.41, 5.74) is 0.215. The Balaban J connectivity index is 2.75. The molecular weight excluding hydrogens is 246 g/mol. The predicted molar refractivity (Wildman–Crippen MR) is 58.4 cm³/mol. The average molecular weight is 254 g/mol. The van der Waals surface area contributed by atoms with Crippen LogP contribution in [0, 0.1) is 0 Å². The van der Waals surface area contributed by atoms with Gasteiger partial charge in [0.2, 0.25) is 5.91 Å². The van der Waals surface area contributed by atoms with Gasteiger partial charge in [0.25, 0.3) is 0 Å². The van der Waals surface area contributed by atoms with Gasteiger partial charge in [-0.25, -0.2) is 4.79 Å². The normalized spacial score (nSPS) is 10.2. The first-order chi connectivity index (χ1) is 8.04. The van der Waals surface area contributed by atoms with Crippen LogP contribution in [0.15, 0.2) is 23.6 Å². The molecule has 1 N–H and O–H groups in total. The molecule has 1 heterocycles. The number of anilines is 1. The molecule has 1 rings (SSSR count). The van der Waals surface area contributed by atoms with Crippen LogP contribution >= 0.6 is 11.3 Å². The topological polar surface area (TPSA) is 95.5 Å². The van der Waals surface area contributed by atoms with E-state index in [1.807, 2.05) is 0 Å². The smallest absolute Gasteiger partial charge is 0.340 e. The van der Waals surface area contributed by atoms with E-state index in [1.165, 1.54) is 13.2 Å². The molecule has 0 aromatic carbocycles. The van der Waals surface area contributed by atoms with Crippen molar-refractivity contribution in [2.24, 2.45) is 0 Å². The highest BCUT2D eigenvalue weighted by Crippen LogP contribution is 2.23. The van der Waals surface area contributed by atoms with Crippen LogP contribution in [0.2, 0.25) is 0 Å². The monoisotopic (exact) mass is 254 g/mol. The van der Waals surface area contributed by atoms with E-state index in [4.69, 9.17) is 0 Å². The zero-order valence-corrected chi connectivity index (χ0v) is 9.58. The van der Waals surface area contributed by atoms with E-state index in [9.17, 15) is 19.5 Å². The number of hydrogen-bond acceptors (Lipinski definition) is 6. The van der Waals surface area contributed by atoms with E-state index in [2.05, 4.69) is 10.1 Å². The standard InChI is InChI=1S/C10H9NO5S/c1-16-10(15)6-4-5-17-9(6)11-7(12)2-3-8(13)14/h2-5H,1H3,(H,11,12)(H,13,14)/p-1. The molecule has 0 saturated carbocycles. The molecule has 1 aromatic heterocycles. The van der Waals surface area contributed by atoms with Gasteiger partial charge in [0.15, 0.2) is 0 Å². The Morgan fingerprint density at radius 3 is 2.71 bits per heavy atom. The average Bonchev–Trinajstić information content (AvgIpc) is 2.73. The zero-order valence-electron chi connectivity index (χ0n) is 8.76. The fraction of sp³-hybridized carbons (Fsp3) is 0.100. The van der Waals surface area contributed by atoms with Crippen LogP contribution < -0.4 is 10.4 Å². The Morgan fingerprint density at radius 1 is 1.41 bits per heavy atom. The molecule has 7 heteroatoms. The number of rotatable bonds is 4. The number of nitrogens with one attached hydrogen (secondary N) is 1. The lowest BCUT2D eigenvalue weighted by atomic mass is 10.3. The summed E-state index contributed by atoms with van der Waals surface area (Å²) >= 11 is 1.13. The maximum Gasteiger partial charge on any atom is 0.340 e. The summed E-state index contributed by atoms with van der Waals surface area (Å²) in [7, 11) is 1.22. The lowest BCUT2D eigenvalue weighted by molar-refractivity contribution is -0.297. The molecule has 1 amide bonds. The van der Waals surface area contributed by atoms with Gasteiger partial charge in [0, 0.05) is 6.08 Å². The van der Waals surface area contributed by atoms with E-state index in [0.717, 1.165) is 17.4 Å². The number of hydrogen-bond donors (Lipinski definition) is 1. The molecule has 0 aliphatic carbocycles. The van der Waals surface area contributed by atoms with Gasteiger partial charge in [0.05, 0.1) is 18.6 Å². The molecule has 0 aliphatic rings. The minimum atomic E-state index is -1.47. The largest absolute Gasteiger partial charge is 0.545 e. The molecule has 0 bridgehead atoms. The van der Waals surface area contributed by atoms with E-state index in [1.54, 1.807) is 5.38 Å². The number of carbonyl (C=O) groups is 3. The van der Waals surface area contributed by atoms with E-state index < -0.39 is 17.8 Å². The molecule has 0 atom stereocenters. The summed E-state index contributed by atoms with van der Waals surface area (Å²) in [4.78, 5) is 32.6. The van der Waals surface area contributed by atoms with Crippen molar-refractivity contribution in [3.05, 3.63) is 29.2 Å². The van der Waals surface area contributed by atoms with Gasteiger partial charge in [-0.1, -0.05) is 0 Å². The number of esters is 1. The number of carboxylic acids is 1. The van der Waals surface area contributed by atoms with E-state index in [0.29, 0.717) is 11.1 Å². The van der Waals surface area contributed by atoms with E-state index >= 15 is 0 Å². The predicted octanol–water partition coefficient (Wildman–Crippen LogP) is -0.221. The summed E-state index contributed by atoms with van der Waals surface area (Å²) in [6, 6.07) is 1.49.